The van der Waals surface area contributed by atoms with Gasteiger partial charge in [-0.15, -0.1) is 0 Å². The molecule has 0 aliphatic rings. The van der Waals surface area contributed by atoms with Crippen LogP contribution in [0.4, 0.5) is 0 Å². The molecule has 0 aliphatic carbocycles. The highest BCUT2D eigenvalue weighted by Crippen LogP contribution is 1.69. The lowest BCUT2D eigenvalue weighted by atomic mass is 11.7. The Morgan fingerprint density at radius 1 is 1.60 bits per heavy atom. The normalized spacial score (nSPS) is 9.60. The Hall–Kier alpha value is 0.177. The van der Waals surface area contributed by atoms with Crippen LogP contribution in [0.15, 0.2) is 0 Å². The summed E-state index contributed by atoms with van der Waals surface area (Å²) in [6, 6.07) is 0. The first-order chi connectivity index (χ1) is 2.27. The van der Waals surface area contributed by atoms with Gasteiger partial charge in [0.15, 0.2) is 0 Å². The van der Waals surface area contributed by atoms with Gasteiger partial charge < -0.3 is 5.11 Å². The standard InChI is InChI=1S/C3H10OSi/c1-5(2)3-4/h4-5H,3H2,1-2H3. The fourth-order valence-corrected chi connectivity index (χ4v) is 0. The van der Waals surface area contributed by atoms with Crippen LogP contribution < -0.4 is 0 Å². The number of hydrogen-bond acceptors (Lipinski definition) is 1. The molecule has 0 aromatic heterocycles. The maximum Gasteiger partial charge on any atom is 0.0613 e. The van der Waals surface area contributed by atoms with Crippen LogP contribution in [0.2, 0.25) is 13.1 Å². The van der Waals surface area contributed by atoms with Crippen molar-refractivity contribution >= 4 is 8.80 Å². The summed E-state index contributed by atoms with van der Waals surface area (Å²) in [5.41, 5.74) is 0. The van der Waals surface area contributed by atoms with Crippen LogP contribution in [0.25, 0.3) is 0 Å². The minimum atomic E-state index is -0.594. The smallest absolute Gasteiger partial charge is 0.0613 e. The van der Waals surface area contributed by atoms with Crippen molar-refractivity contribution in [3.8, 4) is 0 Å². The molecule has 0 radical (unpaired) electrons. The van der Waals surface area contributed by atoms with Gasteiger partial charge in [0.2, 0.25) is 0 Å². The molecule has 2 heteroatoms. The molecule has 0 spiro atoms. The summed E-state index contributed by atoms with van der Waals surface area (Å²) in [7, 11) is -0.594. The van der Waals surface area contributed by atoms with Crippen LogP contribution in [0, 0.1) is 0 Å². The molecule has 0 saturated heterocycles. The van der Waals surface area contributed by atoms with Crippen molar-refractivity contribution in [2.75, 3.05) is 6.23 Å². The lowest BCUT2D eigenvalue weighted by Gasteiger charge is -1.87. The van der Waals surface area contributed by atoms with Crippen molar-refractivity contribution in [2.24, 2.45) is 0 Å². The van der Waals surface area contributed by atoms with Gasteiger partial charge in [-0.2, -0.15) is 0 Å². The molecule has 0 aromatic carbocycles. The highest BCUT2D eigenvalue weighted by Gasteiger charge is 1.84. The van der Waals surface area contributed by atoms with E-state index in [4.69, 9.17) is 5.11 Å². The maximum atomic E-state index is 8.21. The maximum absolute atomic E-state index is 8.21. The van der Waals surface area contributed by atoms with Crippen LogP contribution in [0.1, 0.15) is 0 Å². The van der Waals surface area contributed by atoms with Crippen molar-refractivity contribution in [1.29, 1.82) is 0 Å². The largest absolute Gasteiger partial charge is 0.400 e. The fraction of sp³-hybridized carbons (Fsp3) is 1.00. The Balaban J connectivity index is 2.54. The molecule has 0 amide bonds. The van der Waals surface area contributed by atoms with Gasteiger partial charge in [-0.3, -0.25) is 0 Å². The Bertz CT molecular complexity index is 20.9. The minimum absolute atomic E-state index is 0.444. The van der Waals surface area contributed by atoms with E-state index in [9.17, 15) is 0 Å². The zero-order valence-electron chi connectivity index (χ0n) is 3.73. The molecule has 0 atom stereocenters. The van der Waals surface area contributed by atoms with Crippen molar-refractivity contribution in [2.45, 2.75) is 13.1 Å². The average Bonchev–Trinajstić information content (AvgIpc) is 1.38. The first-order valence-electron chi connectivity index (χ1n) is 1.88. The van der Waals surface area contributed by atoms with Crippen molar-refractivity contribution in [3.05, 3.63) is 0 Å². The molecule has 0 aromatic rings. The third-order valence-electron chi connectivity index (χ3n) is 0.365. The number of hydrogen-bond donors (Lipinski definition) is 1. The summed E-state index contributed by atoms with van der Waals surface area (Å²) in [4.78, 5) is 0. The summed E-state index contributed by atoms with van der Waals surface area (Å²) in [5, 5.41) is 8.21. The van der Waals surface area contributed by atoms with Crippen molar-refractivity contribution in [3.63, 3.8) is 0 Å². The summed E-state index contributed by atoms with van der Waals surface area (Å²) in [5.74, 6) is 0. The van der Waals surface area contributed by atoms with E-state index in [1.54, 1.807) is 0 Å². The van der Waals surface area contributed by atoms with E-state index in [0.29, 0.717) is 6.23 Å². The van der Waals surface area contributed by atoms with E-state index >= 15 is 0 Å². The number of rotatable bonds is 1. The van der Waals surface area contributed by atoms with Crippen LogP contribution in [-0.2, 0) is 0 Å². The van der Waals surface area contributed by atoms with E-state index in [1.807, 2.05) is 0 Å². The number of aliphatic hydroxyl groups is 1. The number of aliphatic hydroxyl groups excluding tert-OH is 1. The Morgan fingerprint density at radius 2 is 1.80 bits per heavy atom. The summed E-state index contributed by atoms with van der Waals surface area (Å²) >= 11 is 0. The highest BCUT2D eigenvalue weighted by molar-refractivity contribution is 6.55. The lowest BCUT2D eigenvalue weighted by Crippen LogP contribution is -2.05. The molecule has 1 N–H and O–H groups in total. The van der Waals surface area contributed by atoms with Gasteiger partial charge in [0.25, 0.3) is 0 Å². The van der Waals surface area contributed by atoms with Crippen molar-refractivity contribution < 1.29 is 5.11 Å². The van der Waals surface area contributed by atoms with Gasteiger partial charge in [0.1, 0.15) is 0 Å². The molecular formula is C3H10OSi. The summed E-state index contributed by atoms with van der Waals surface area (Å²) in [6.07, 6.45) is 0.444. The third-order valence-corrected chi connectivity index (χ3v) is 1.10. The molecule has 0 unspecified atom stereocenters. The van der Waals surface area contributed by atoms with Gasteiger partial charge in [-0.05, 0) is 0 Å². The van der Waals surface area contributed by atoms with Crippen LogP contribution >= 0.6 is 0 Å². The second-order valence-electron chi connectivity index (χ2n) is 1.58. The first kappa shape index (κ1) is 5.18. The monoisotopic (exact) mass is 90.1 g/mol. The molecule has 32 valence electrons. The third kappa shape index (κ3) is 4.18. The van der Waals surface area contributed by atoms with Crippen LogP contribution in [0.5, 0.6) is 0 Å². The van der Waals surface area contributed by atoms with E-state index in [1.165, 1.54) is 0 Å². The zero-order chi connectivity index (χ0) is 4.28. The molecule has 0 aliphatic heterocycles. The summed E-state index contributed by atoms with van der Waals surface area (Å²) in [6.45, 7) is 4.22. The molecule has 0 fully saturated rings. The zero-order valence-corrected chi connectivity index (χ0v) is 4.89. The SMILES string of the molecule is C[SiH](C)CO. The highest BCUT2D eigenvalue weighted by atomic mass is 28.3. The molecule has 1 nitrogen and oxygen atoms in total. The second kappa shape index (κ2) is 2.42. The lowest BCUT2D eigenvalue weighted by molar-refractivity contribution is 0.363. The quantitative estimate of drug-likeness (QED) is 0.449. The van der Waals surface area contributed by atoms with Crippen LogP contribution in [0.3, 0.4) is 0 Å². The Labute approximate surface area is 34.2 Å². The first-order valence-corrected chi connectivity index (χ1v) is 5.01. The summed E-state index contributed by atoms with van der Waals surface area (Å²) < 4.78 is 0. The minimum Gasteiger partial charge on any atom is -0.400 e. The molecule has 5 heavy (non-hydrogen) atoms. The van der Waals surface area contributed by atoms with Crippen molar-refractivity contribution in [1.82, 2.24) is 0 Å². The van der Waals surface area contributed by atoms with Gasteiger partial charge in [-0.1, -0.05) is 13.1 Å². The molecule has 0 heterocycles. The van der Waals surface area contributed by atoms with Gasteiger partial charge in [-0.25, -0.2) is 0 Å². The topological polar surface area (TPSA) is 20.2 Å². The average molecular weight is 90.2 g/mol. The molecule has 0 bridgehead atoms. The Kier molecular flexibility index (Phi) is 2.50. The Morgan fingerprint density at radius 3 is 1.80 bits per heavy atom. The predicted molar refractivity (Wildman–Crippen MR) is 26.0 cm³/mol. The van der Waals surface area contributed by atoms with Gasteiger partial charge in [0.05, 0.1) is 8.80 Å². The van der Waals surface area contributed by atoms with Gasteiger partial charge >= 0.3 is 0 Å². The molecule has 0 rings (SSSR count). The van der Waals surface area contributed by atoms with Crippen LogP contribution in [-0.4, -0.2) is 20.1 Å². The van der Waals surface area contributed by atoms with E-state index < -0.39 is 8.80 Å². The van der Waals surface area contributed by atoms with Gasteiger partial charge in [0, 0.05) is 6.23 Å². The molecule has 0 saturated carbocycles. The predicted octanol–water partition coefficient (Wildman–Crippen LogP) is 0.00460. The van der Waals surface area contributed by atoms with E-state index in [-0.39, 0.29) is 0 Å². The second-order valence-corrected chi connectivity index (χ2v) is 4.73. The molecular weight excluding hydrogens is 80.1 g/mol. The van der Waals surface area contributed by atoms with E-state index in [0.717, 1.165) is 0 Å². The fourth-order valence-electron chi connectivity index (χ4n) is 0. The van der Waals surface area contributed by atoms with E-state index in [2.05, 4.69) is 13.1 Å².